The number of hydrogen-bond acceptors (Lipinski definition) is 9. The number of amides is 1. The highest BCUT2D eigenvalue weighted by Crippen LogP contribution is 2.40. The van der Waals surface area contributed by atoms with Gasteiger partial charge in [0.2, 0.25) is 6.29 Å². The Kier molecular flexibility index (Phi) is 10.4. The summed E-state index contributed by atoms with van der Waals surface area (Å²) >= 11 is 0. The number of nitrogens with one attached hydrogen (secondary N) is 2. The molecular formula is C25H38N2O8S. The molecular weight excluding hydrogens is 488 g/mol. The molecule has 2 aliphatic rings. The number of unbranched alkanes of at least 4 members (excludes halogenated alkanes) is 7. The van der Waals surface area contributed by atoms with Crippen molar-refractivity contribution in [2.45, 2.75) is 101 Å². The fourth-order valence-electron chi connectivity index (χ4n) is 4.09. The van der Waals surface area contributed by atoms with Crippen molar-refractivity contribution in [1.29, 1.82) is 0 Å². The molecule has 202 valence electrons. The van der Waals surface area contributed by atoms with Crippen LogP contribution in [0.25, 0.3) is 0 Å². The Labute approximate surface area is 213 Å². The number of sulfonamides is 1. The number of carbonyl (C=O) groups is 1. The minimum atomic E-state index is -4.05. The van der Waals surface area contributed by atoms with Gasteiger partial charge in [0.15, 0.2) is 17.7 Å². The van der Waals surface area contributed by atoms with Crippen molar-refractivity contribution >= 4 is 16.1 Å². The average Bonchev–Trinajstić information content (AvgIpc) is 3.29. The van der Waals surface area contributed by atoms with E-state index in [1.54, 1.807) is 32.0 Å². The van der Waals surface area contributed by atoms with Crippen LogP contribution in [0.1, 0.15) is 72.1 Å². The molecule has 36 heavy (non-hydrogen) atoms. The Bertz CT molecular complexity index is 968. The van der Waals surface area contributed by atoms with Crippen LogP contribution >= 0.6 is 0 Å². The van der Waals surface area contributed by atoms with Crippen LogP contribution in [0.5, 0.6) is 0 Å². The standard InChI is InChI=1S/C25H38N2O8S/c1-4-5-6-7-8-9-10-14-17-31-21-20(32-23-22(21)33-25(2,3)34-23)18-26-35-24(28)27-36(29,30)19-15-12-11-13-16-19/h11-13,15-16,18,21-23,26H,4-10,14,17H2,1-3H3,(H,27,28)/t21-,22+,23+/m0/s1. The maximum absolute atomic E-state index is 12.2. The number of benzene rings is 1. The average molecular weight is 527 g/mol. The fourth-order valence-corrected chi connectivity index (χ4v) is 4.98. The molecule has 0 aromatic heterocycles. The molecule has 0 bridgehead atoms. The van der Waals surface area contributed by atoms with Gasteiger partial charge in [-0.15, -0.1) is 0 Å². The minimum Gasteiger partial charge on any atom is -0.462 e. The van der Waals surface area contributed by atoms with Gasteiger partial charge in [0.1, 0.15) is 6.10 Å². The van der Waals surface area contributed by atoms with Gasteiger partial charge >= 0.3 is 6.09 Å². The Balaban J connectivity index is 1.47. The van der Waals surface area contributed by atoms with E-state index in [1.165, 1.54) is 56.9 Å². The molecule has 0 spiro atoms. The SMILES string of the molecule is CCCCCCCCCCO[C@H]1C(=CNOC(=O)NS(=O)(=O)c2ccccc2)O[C@@H]2OC(C)(C)O[C@@H]21. The van der Waals surface area contributed by atoms with Gasteiger partial charge in [0, 0.05) is 6.61 Å². The van der Waals surface area contributed by atoms with Crippen LogP contribution in [0.3, 0.4) is 0 Å². The number of ether oxygens (including phenoxy) is 4. The second-order valence-corrected chi connectivity index (χ2v) is 11.0. The molecule has 1 aromatic rings. The summed E-state index contributed by atoms with van der Waals surface area (Å²) in [6, 6.07) is 7.51. The largest absolute Gasteiger partial charge is 0.462 e. The summed E-state index contributed by atoms with van der Waals surface area (Å²) in [5.41, 5.74) is 2.32. The lowest BCUT2D eigenvalue weighted by molar-refractivity contribution is -0.191. The molecule has 2 fully saturated rings. The molecule has 3 rings (SSSR count). The molecule has 0 unspecified atom stereocenters. The fraction of sp³-hybridized carbons (Fsp3) is 0.640. The van der Waals surface area contributed by atoms with Crippen molar-refractivity contribution in [2.75, 3.05) is 6.61 Å². The van der Waals surface area contributed by atoms with E-state index in [1.807, 2.05) is 4.72 Å². The number of rotatable bonds is 14. The second kappa shape index (κ2) is 13.3. The van der Waals surface area contributed by atoms with E-state index in [9.17, 15) is 13.2 Å². The van der Waals surface area contributed by atoms with E-state index >= 15 is 0 Å². The molecule has 0 radical (unpaired) electrons. The van der Waals surface area contributed by atoms with Gasteiger partial charge in [0.25, 0.3) is 10.0 Å². The van der Waals surface area contributed by atoms with Gasteiger partial charge in [-0.3, -0.25) is 0 Å². The third kappa shape index (κ3) is 8.36. The molecule has 3 atom stereocenters. The van der Waals surface area contributed by atoms with Gasteiger partial charge in [-0.05, 0) is 32.4 Å². The highest BCUT2D eigenvalue weighted by Gasteiger charge is 2.54. The first-order chi connectivity index (χ1) is 17.2. The van der Waals surface area contributed by atoms with E-state index in [0.29, 0.717) is 12.4 Å². The van der Waals surface area contributed by atoms with Crippen molar-refractivity contribution in [3.63, 3.8) is 0 Å². The highest BCUT2D eigenvalue weighted by atomic mass is 32.2. The molecule has 0 saturated carbocycles. The summed E-state index contributed by atoms with van der Waals surface area (Å²) in [5.74, 6) is -0.477. The van der Waals surface area contributed by atoms with Crippen molar-refractivity contribution < 1.29 is 37.0 Å². The van der Waals surface area contributed by atoms with Crippen molar-refractivity contribution in [2.24, 2.45) is 0 Å². The highest BCUT2D eigenvalue weighted by molar-refractivity contribution is 7.90. The molecule has 2 N–H and O–H groups in total. The monoisotopic (exact) mass is 526 g/mol. The van der Waals surface area contributed by atoms with Crippen LogP contribution in [0, 0.1) is 0 Å². The van der Waals surface area contributed by atoms with E-state index < -0.39 is 40.4 Å². The summed E-state index contributed by atoms with van der Waals surface area (Å²) in [6.45, 7) is 6.33. The van der Waals surface area contributed by atoms with Crippen molar-refractivity contribution in [1.82, 2.24) is 10.2 Å². The lowest BCUT2D eigenvalue weighted by atomic mass is 10.1. The third-order valence-corrected chi connectivity index (χ3v) is 7.17. The third-order valence-electron chi connectivity index (χ3n) is 5.84. The zero-order valence-corrected chi connectivity index (χ0v) is 22.1. The Hall–Kier alpha value is -2.34. The molecule has 1 amide bonds. The normalized spacial score (nSPS) is 23.8. The number of hydrogen-bond donors (Lipinski definition) is 2. The van der Waals surface area contributed by atoms with E-state index in [-0.39, 0.29) is 4.90 Å². The maximum Gasteiger partial charge on any atom is 0.445 e. The zero-order chi connectivity index (χ0) is 26.0. The number of carbonyl (C=O) groups excluding carboxylic acids is 1. The molecule has 2 saturated heterocycles. The first kappa shape index (κ1) is 28.2. The summed E-state index contributed by atoms with van der Waals surface area (Å²) in [5, 5.41) is 0. The van der Waals surface area contributed by atoms with Crippen LogP contribution in [-0.4, -0.2) is 45.4 Å². The van der Waals surface area contributed by atoms with Crippen LogP contribution in [-0.2, 0) is 33.8 Å². The van der Waals surface area contributed by atoms with Crippen molar-refractivity contribution in [3.8, 4) is 0 Å². The quantitative estimate of drug-likeness (QED) is 0.267. The molecule has 11 heteroatoms. The van der Waals surface area contributed by atoms with Gasteiger partial charge in [-0.1, -0.05) is 70.1 Å². The Morgan fingerprint density at radius 2 is 1.69 bits per heavy atom. The van der Waals surface area contributed by atoms with Crippen LogP contribution < -0.4 is 10.2 Å². The molecule has 10 nitrogen and oxygen atoms in total. The zero-order valence-electron chi connectivity index (χ0n) is 21.2. The summed E-state index contributed by atoms with van der Waals surface area (Å²) in [4.78, 5) is 16.7. The number of hydroxylamine groups is 1. The summed E-state index contributed by atoms with van der Waals surface area (Å²) < 4.78 is 49.9. The van der Waals surface area contributed by atoms with Gasteiger partial charge in [0.05, 0.1) is 11.1 Å². The smallest absolute Gasteiger partial charge is 0.445 e. The number of fused-ring (bicyclic) bond motifs is 1. The van der Waals surface area contributed by atoms with Crippen LogP contribution in [0.4, 0.5) is 4.79 Å². The van der Waals surface area contributed by atoms with Gasteiger partial charge in [-0.2, -0.15) is 0 Å². The molecule has 1 aromatic carbocycles. The Morgan fingerprint density at radius 1 is 1.03 bits per heavy atom. The topological polar surface area (TPSA) is 121 Å². The maximum atomic E-state index is 12.2. The minimum absolute atomic E-state index is 0.0569. The predicted molar refractivity (Wildman–Crippen MR) is 132 cm³/mol. The van der Waals surface area contributed by atoms with Crippen LogP contribution in [0.2, 0.25) is 0 Å². The first-order valence-electron chi connectivity index (χ1n) is 12.6. The molecule has 2 aliphatic heterocycles. The van der Waals surface area contributed by atoms with E-state index in [2.05, 4.69) is 12.4 Å². The second-order valence-electron chi connectivity index (χ2n) is 9.33. The van der Waals surface area contributed by atoms with Crippen molar-refractivity contribution in [3.05, 3.63) is 42.3 Å². The summed E-state index contributed by atoms with van der Waals surface area (Å²) in [7, 11) is -4.05. The summed E-state index contributed by atoms with van der Waals surface area (Å²) in [6.07, 6.45) is 7.89. The predicted octanol–water partition coefficient (Wildman–Crippen LogP) is 4.48. The Morgan fingerprint density at radius 3 is 2.39 bits per heavy atom. The van der Waals surface area contributed by atoms with E-state index in [4.69, 9.17) is 23.8 Å². The van der Waals surface area contributed by atoms with Gasteiger partial charge in [-0.25, -0.2) is 23.4 Å². The lowest BCUT2D eigenvalue weighted by Crippen LogP contribution is -2.34. The molecule has 0 aliphatic carbocycles. The van der Waals surface area contributed by atoms with E-state index in [0.717, 1.165) is 12.8 Å². The lowest BCUT2D eigenvalue weighted by Gasteiger charge is -2.22. The van der Waals surface area contributed by atoms with Gasteiger partial charge < -0.3 is 23.8 Å². The molecule has 2 heterocycles. The van der Waals surface area contributed by atoms with Crippen LogP contribution in [0.15, 0.2) is 47.2 Å². The first-order valence-corrected chi connectivity index (χ1v) is 14.1.